The maximum Gasteiger partial charge on any atom is 0.212 e. The number of hydrogen-bond donors (Lipinski definition) is 0. The van der Waals surface area contributed by atoms with E-state index in [1.165, 1.54) is 0 Å². The number of aromatic nitrogens is 3. The number of para-hydroxylation sites is 2. The zero-order valence-corrected chi connectivity index (χ0v) is 15.8. The largest absolute Gasteiger partial charge is 0.493 e. The fourth-order valence-corrected chi connectivity index (χ4v) is 3.04. The average molecular weight is 375 g/mol. The molecule has 0 fully saturated rings. The summed E-state index contributed by atoms with van der Waals surface area (Å²) >= 11 is 0. The van der Waals surface area contributed by atoms with Crippen molar-refractivity contribution in [3.05, 3.63) is 78.2 Å². The van der Waals surface area contributed by atoms with Gasteiger partial charge in [-0.15, -0.1) is 0 Å². The molecule has 0 atom stereocenters. The molecule has 142 valence electrons. The molecule has 4 rings (SSSR count). The van der Waals surface area contributed by atoms with Crippen LogP contribution >= 0.6 is 0 Å². The quantitative estimate of drug-likeness (QED) is 0.487. The van der Waals surface area contributed by atoms with Gasteiger partial charge >= 0.3 is 0 Å². The monoisotopic (exact) mass is 375 g/mol. The first-order valence-electron chi connectivity index (χ1n) is 8.95. The van der Waals surface area contributed by atoms with Crippen LogP contribution < -0.4 is 14.2 Å². The number of ether oxygens (including phenoxy) is 3. The highest BCUT2D eigenvalue weighted by atomic mass is 16.5. The Kier molecular flexibility index (Phi) is 5.10. The van der Waals surface area contributed by atoms with Gasteiger partial charge in [0.1, 0.15) is 6.61 Å². The summed E-state index contributed by atoms with van der Waals surface area (Å²) in [4.78, 5) is 8.63. The van der Waals surface area contributed by atoms with Crippen LogP contribution in [-0.4, -0.2) is 28.8 Å². The van der Waals surface area contributed by atoms with Gasteiger partial charge in [-0.2, -0.15) is 0 Å². The van der Waals surface area contributed by atoms with Crippen LogP contribution in [0.25, 0.3) is 11.0 Å². The highest BCUT2D eigenvalue weighted by Crippen LogP contribution is 2.29. The Labute approximate surface area is 163 Å². The van der Waals surface area contributed by atoms with Gasteiger partial charge in [-0.05, 0) is 35.9 Å². The van der Waals surface area contributed by atoms with Crippen molar-refractivity contribution in [1.29, 1.82) is 0 Å². The van der Waals surface area contributed by atoms with E-state index in [9.17, 15) is 0 Å². The molecule has 4 aromatic rings. The first-order chi connectivity index (χ1) is 13.8. The second kappa shape index (κ2) is 8.00. The lowest BCUT2D eigenvalue weighted by molar-refractivity contribution is 0.283. The van der Waals surface area contributed by atoms with E-state index >= 15 is 0 Å². The zero-order valence-electron chi connectivity index (χ0n) is 15.8. The number of methoxy groups -OCH3 is 2. The first kappa shape index (κ1) is 17.9. The van der Waals surface area contributed by atoms with Gasteiger partial charge in [-0.25, -0.2) is 9.97 Å². The van der Waals surface area contributed by atoms with E-state index in [1.54, 1.807) is 20.4 Å². The summed E-state index contributed by atoms with van der Waals surface area (Å²) in [7, 11) is 3.24. The Bertz CT molecular complexity index is 1070. The molecular formula is C22H21N3O3. The summed E-state index contributed by atoms with van der Waals surface area (Å²) in [5.41, 5.74) is 4.16. The van der Waals surface area contributed by atoms with Crippen LogP contribution in [0.2, 0.25) is 0 Å². The van der Waals surface area contributed by atoms with Crippen molar-refractivity contribution >= 4 is 11.0 Å². The van der Waals surface area contributed by atoms with Crippen molar-refractivity contribution in [2.75, 3.05) is 14.2 Å². The molecule has 6 nitrogen and oxygen atoms in total. The third kappa shape index (κ3) is 3.76. The van der Waals surface area contributed by atoms with Crippen molar-refractivity contribution in [3.8, 4) is 17.4 Å². The van der Waals surface area contributed by atoms with E-state index in [1.807, 2.05) is 54.9 Å². The van der Waals surface area contributed by atoms with E-state index in [0.717, 1.165) is 22.2 Å². The molecule has 2 aromatic carbocycles. The van der Waals surface area contributed by atoms with E-state index in [-0.39, 0.29) is 0 Å². The molecule has 0 bridgehead atoms. The minimum absolute atomic E-state index is 0.402. The van der Waals surface area contributed by atoms with Gasteiger partial charge in [0.2, 0.25) is 5.88 Å². The number of pyridine rings is 1. The number of imidazole rings is 1. The lowest BCUT2D eigenvalue weighted by Gasteiger charge is -2.13. The van der Waals surface area contributed by atoms with Gasteiger partial charge in [0.15, 0.2) is 11.5 Å². The van der Waals surface area contributed by atoms with Gasteiger partial charge in [0.05, 0.1) is 31.6 Å². The first-order valence-corrected chi connectivity index (χ1v) is 8.95. The van der Waals surface area contributed by atoms with E-state index in [2.05, 4.69) is 20.6 Å². The number of nitrogens with zero attached hydrogens (tertiary/aromatic N) is 3. The molecule has 0 aliphatic heterocycles. The Hall–Kier alpha value is -3.54. The number of hydrogen-bond acceptors (Lipinski definition) is 5. The highest BCUT2D eigenvalue weighted by Gasteiger charge is 2.09. The molecule has 0 amide bonds. The molecule has 0 aliphatic rings. The van der Waals surface area contributed by atoms with Crippen LogP contribution in [0.1, 0.15) is 11.1 Å². The van der Waals surface area contributed by atoms with Crippen LogP contribution in [0.15, 0.2) is 67.1 Å². The molecule has 0 saturated carbocycles. The predicted molar refractivity (Wildman–Crippen MR) is 107 cm³/mol. The van der Waals surface area contributed by atoms with Crippen LogP contribution in [0, 0.1) is 0 Å². The molecule has 0 unspecified atom stereocenters. The van der Waals surface area contributed by atoms with E-state index in [4.69, 9.17) is 14.2 Å². The summed E-state index contributed by atoms with van der Waals surface area (Å²) in [6.07, 6.45) is 3.60. The van der Waals surface area contributed by atoms with Gasteiger partial charge in [-0.3, -0.25) is 0 Å². The third-order valence-electron chi connectivity index (χ3n) is 4.51. The van der Waals surface area contributed by atoms with Crippen molar-refractivity contribution in [2.45, 2.75) is 13.2 Å². The topological polar surface area (TPSA) is 58.4 Å². The average Bonchev–Trinajstić information content (AvgIpc) is 3.16. The standard InChI is InChI=1S/C22H21N3O3/c1-26-21-11-16(13-25-15-24-18-5-3-4-6-19(18)25)7-9-20(21)28-14-17-8-10-22(27-2)23-12-17/h3-12,15H,13-14H2,1-2H3. The second-order valence-electron chi connectivity index (χ2n) is 6.34. The molecule has 0 radical (unpaired) electrons. The maximum atomic E-state index is 5.92. The number of rotatable bonds is 7. The van der Waals surface area contributed by atoms with Gasteiger partial charge in [0.25, 0.3) is 0 Å². The van der Waals surface area contributed by atoms with Crippen molar-refractivity contribution in [2.24, 2.45) is 0 Å². The molecule has 0 spiro atoms. The summed E-state index contributed by atoms with van der Waals surface area (Å²) < 4.78 is 18.6. The van der Waals surface area contributed by atoms with Crippen LogP contribution in [0.5, 0.6) is 17.4 Å². The Morgan fingerprint density at radius 2 is 1.71 bits per heavy atom. The fraction of sp³-hybridized carbons (Fsp3) is 0.182. The summed E-state index contributed by atoms with van der Waals surface area (Å²) in [6, 6.07) is 17.8. The molecule has 0 saturated heterocycles. The smallest absolute Gasteiger partial charge is 0.212 e. The lowest BCUT2D eigenvalue weighted by atomic mass is 10.2. The maximum absolute atomic E-state index is 5.92. The van der Waals surface area contributed by atoms with E-state index < -0.39 is 0 Å². The van der Waals surface area contributed by atoms with Crippen LogP contribution in [0.3, 0.4) is 0 Å². The molecule has 0 N–H and O–H groups in total. The fourth-order valence-electron chi connectivity index (χ4n) is 3.04. The Balaban J connectivity index is 1.49. The second-order valence-corrected chi connectivity index (χ2v) is 6.34. The van der Waals surface area contributed by atoms with Crippen LogP contribution in [-0.2, 0) is 13.2 Å². The number of fused-ring (bicyclic) bond motifs is 1. The Morgan fingerprint density at radius 1 is 0.857 bits per heavy atom. The highest BCUT2D eigenvalue weighted by molar-refractivity contribution is 5.75. The summed E-state index contributed by atoms with van der Waals surface area (Å²) in [5.74, 6) is 1.97. The summed E-state index contributed by atoms with van der Waals surface area (Å²) in [5, 5.41) is 0. The van der Waals surface area contributed by atoms with Crippen molar-refractivity contribution in [3.63, 3.8) is 0 Å². The molecule has 6 heteroatoms. The zero-order chi connectivity index (χ0) is 19.3. The van der Waals surface area contributed by atoms with Crippen LogP contribution in [0.4, 0.5) is 0 Å². The van der Waals surface area contributed by atoms with Crippen molar-refractivity contribution < 1.29 is 14.2 Å². The molecular weight excluding hydrogens is 354 g/mol. The van der Waals surface area contributed by atoms with Gasteiger partial charge in [-0.1, -0.05) is 18.2 Å². The summed E-state index contributed by atoms with van der Waals surface area (Å²) in [6.45, 7) is 1.11. The van der Waals surface area contributed by atoms with Crippen molar-refractivity contribution in [1.82, 2.24) is 14.5 Å². The van der Waals surface area contributed by atoms with E-state index in [0.29, 0.717) is 30.5 Å². The molecule has 28 heavy (non-hydrogen) atoms. The molecule has 2 aromatic heterocycles. The molecule has 2 heterocycles. The minimum Gasteiger partial charge on any atom is -0.493 e. The Morgan fingerprint density at radius 3 is 2.50 bits per heavy atom. The minimum atomic E-state index is 0.402. The molecule has 0 aliphatic carbocycles. The van der Waals surface area contributed by atoms with Gasteiger partial charge < -0.3 is 18.8 Å². The third-order valence-corrected chi connectivity index (χ3v) is 4.51. The predicted octanol–water partition coefficient (Wildman–Crippen LogP) is 4.08. The SMILES string of the molecule is COc1ccc(COc2ccc(Cn3cnc4ccccc43)cc2OC)cn1. The number of benzene rings is 2. The normalized spacial score (nSPS) is 10.8. The van der Waals surface area contributed by atoms with Gasteiger partial charge in [0, 0.05) is 24.4 Å². The lowest BCUT2D eigenvalue weighted by Crippen LogP contribution is -2.01.